The standard InChI is InChI=1S/C11H10ClNO3S2/c1-16-10-7-8(12)4-5-9(10)13-18(14,15)11-3-2-6-17-11/h2-7,13H,1H3. The first-order valence-electron chi connectivity index (χ1n) is 4.93. The second kappa shape index (κ2) is 5.17. The highest BCUT2D eigenvalue weighted by Crippen LogP contribution is 2.30. The van der Waals surface area contributed by atoms with Crippen molar-refractivity contribution in [3.8, 4) is 5.75 Å². The van der Waals surface area contributed by atoms with E-state index in [1.807, 2.05) is 0 Å². The van der Waals surface area contributed by atoms with E-state index in [0.29, 0.717) is 16.5 Å². The third kappa shape index (κ3) is 2.77. The molecule has 1 aromatic carbocycles. The largest absolute Gasteiger partial charge is 0.495 e. The van der Waals surface area contributed by atoms with Gasteiger partial charge in [-0.1, -0.05) is 17.7 Å². The van der Waals surface area contributed by atoms with Gasteiger partial charge in [-0.2, -0.15) is 0 Å². The van der Waals surface area contributed by atoms with Crippen LogP contribution < -0.4 is 9.46 Å². The number of nitrogens with one attached hydrogen (secondary N) is 1. The van der Waals surface area contributed by atoms with Crippen molar-refractivity contribution in [2.45, 2.75) is 4.21 Å². The van der Waals surface area contributed by atoms with Crippen molar-refractivity contribution in [3.63, 3.8) is 0 Å². The van der Waals surface area contributed by atoms with Crippen LogP contribution in [-0.2, 0) is 10.0 Å². The van der Waals surface area contributed by atoms with Gasteiger partial charge in [0, 0.05) is 11.1 Å². The highest BCUT2D eigenvalue weighted by Gasteiger charge is 2.17. The summed E-state index contributed by atoms with van der Waals surface area (Å²) in [5.74, 6) is 0.377. The fourth-order valence-electron chi connectivity index (χ4n) is 1.36. The Morgan fingerprint density at radius 3 is 2.72 bits per heavy atom. The maximum absolute atomic E-state index is 12.0. The minimum Gasteiger partial charge on any atom is -0.495 e. The number of anilines is 1. The molecule has 0 fully saturated rings. The highest BCUT2D eigenvalue weighted by molar-refractivity contribution is 7.94. The molecule has 0 aliphatic carbocycles. The Morgan fingerprint density at radius 2 is 2.11 bits per heavy atom. The molecule has 0 saturated heterocycles. The monoisotopic (exact) mass is 303 g/mol. The Balaban J connectivity index is 2.35. The molecule has 96 valence electrons. The summed E-state index contributed by atoms with van der Waals surface area (Å²) in [6, 6.07) is 7.92. The average Bonchev–Trinajstić information content (AvgIpc) is 2.85. The van der Waals surface area contributed by atoms with E-state index >= 15 is 0 Å². The Hall–Kier alpha value is -1.24. The minimum absolute atomic E-state index is 0.250. The number of ether oxygens (including phenoxy) is 1. The molecule has 0 amide bonds. The van der Waals surface area contributed by atoms with Gasteiger partial charge in [-0.3, -0.25) is 4.72 Å². The summed E-state index contributed by atoms with van der Waals surface area (Å²) < 4.78 is 31.9. The molecule has 1 aromatic heterocycles. The number of rotatable bonds is 4. The van der Waals surface area contributed by atoms with Gasteiger partial charge in [0.15, 0.2) is 0 Å². The molecule has 0 aliphatic rings. The van der Waals surface area contributed by atoms with Crippen molar-refractivity contribution in [1.82, 2.24) is 0 Å². The number of thiophene rings is 1. The molecule has 0 saturated carbocycles. The van der Waals surface area contributed by atoms with E-state index in [4.69, 9.17) is 16.3 Å². The van der Waals surface area contributed by atoms with Gasteiger partial charge in [0.05, 0.1) is 12.8 Å². The van der Waals surface area contributed by atoms with Crippen molar-refractivity contribution in [2.75, 3.05) is 11.8 Å². The summed E-state index contributed by atoms with van der Waals surface area (Å²) in [6.07, 6.45) is 0. The summed E-state index contributed by atoms with van der Waals surface area (Å²) >= 11 is 6.96. The number of methoxy groups -OCH3 is 1. The lowest BCUT2D eigenvalue weighted by molar-refractivity contribution is 0.417. The highest BCUT2D eigenvalue weighted by atomic mass is 35.5. The molecule has 0 unspecified atom stereocenters. The fourth-order valence-corrected chi connectivity index (χ4v) is 3.59. The van der Waals surface area contributed by atoms with Crippen molar-refractivity contribution in [1.29, 1.82) is 0 Å². The van der Waals surface area contributed by atoms with Gasteiger partial charge in [0.1, 0.15) is 9.96 Å². The molecule has 0 radical (unpaired) electrons. The lowest BCUT2D eigenvalue weighted by Crippen LogP contribution is -2.12. The van der Waals surface area contributed by atoms with Crippen molar-refractivity contribution in [3.05, 3.63) is 40.7 Å². The molecule has 1 heterocycles. The number of benzene rings is 1. The zero-order valence-corrected chi connectivity index (χ0v) is 11.8. The zero-order valence-electron chi connectivity index (χ0n) is 9.38. The van der Waals surface area contributed by atoms with Crippen LogP contribution in [0.4, 0.5) is 5.69 Å². The fraction of sp³-hybridized carbons (Fsp3) is 0.0909. The molecule has 2 aromatic rings. The molecule has 1 N–H and O–H groups in total. The van der Waals surface area contributed by atoms with Crippen LogP contribution in [0.2, 0.25) is 5.02 Å². The summed E-state index contributed by atoms with van der Waals surface area (Å²) in [4.78, 5) is 0. The molecular formula is C11H10ClNO3S2. The number of hydrogen-bond acceptors (Lipinski definition) is 4. The minimum atomic E-state index is -3.57. The smallest absolute Gasteiger partial charge is 0.271 e. The van der Waals surface area contributed by atoms with E-state index < -0.39 is 10.0 Å². The third-order valence-corrected chi connectivity index (χ3v) is 5.17. The van der Waals surface area contributed by atoms with Gasteiger partial charge in [-0.15, -0.1) is 11.3 Å². The molecular weight excluding hydrogens is 294 g/mol. The predicted molar refractivity (Wildman–Crippen MR) is 73.1 cm³/mol. The van der Waals surface area contributed by atoms with E-state index in [1.54, 1.807) is 29.6 Å². The summed E-state index contributed by atoms with van der Waals surface area (Å²) in [5, 5.41) is 2.18. The average molecular weight is 304 g/mol. The second-order valence-electron chi connectivity index (χ2n) is 3.38. The molecule has 0 bridgehead atoms. The van der Waals surface area contributed by atoms with Gasteiger partial charge in [0.25, 0.3) is 10.0 Å². The second-order valence-corrected chi connectivity index (χ2v) is 6.68. The third-order valence-electron chi connectivity index (χ3n) is 2.17. The molecule has 4 nitrogen and oxygen atoms in total. The lowest BCUT2D eigenvalue weighted by atomic mass is 10.3. The molecule has 2 rings (SSSR count). The lowest BCUT2D eigenvalue weighted by Gasteiger charge is -2.10. The van der Waals surface area contributed by atoms with Crippen LogP contribution in [0.1, 0.15) is 0 Å². The molecule has 0 atom stereocenters. The topological polar surface area (TPSA) is 55.4 Å². The van der Waals surface area contributed by atoms with Crippen LogP contribution in [0.15, 0.2) is 39.9 Å². The van der Waals surface area contributed by atoms with Crippen molar-refractivity contribution < 1.29 is 13.2 Å². The number of halogens is 1. The SMILES string of the molecule is COc1cc(Cl)ccc1NS(=O)(=O)c1cccs1. The van der Waals surface area contributed by atoms with Gasteiger partial charge in [-0.25, -0.2) is 8.42 Å². The van der Waals surface area contributed by atoms with Crippen LogP contribution in [0, 0.1) is 0 Å². The van der Waals surface area contributed by atoms with Gasteiger partial charge in [-0.05, 0) is 23.6 Å². The maximum Gasteiger partial charge on any atom is 0.271 e. The van der Waals surface area contributed by atoms with E-state index in [-0.39, 0.29) is 4.21 Å². The summed E-state index contributed by atoms with van der Waals surface area (Å²) in [6.45, 7) is 0. The predicted octanol–water partition coefficient (Wildman–Crippen LogP) is 3.21. The van der Waals surface area contributed by atoms with Crippen LogP contribution in [-0.4, -0.2) is 15.5 Å². The zero-order chi connectivity index (χ0) is 13.2. The van der Waals surface area contributed by atoms with E-state index in [2.05, 4.69) is 4.72 Å². The molecule has 0 aliphatic heterocycles. The van der Waals surface area contributed by atoms with Crippen LogP contribution in [0.3, 0.4) is 0 Å². The summed E-state index contributed by atoms with van der Waals surface area (Å²) in [7, 11) is -2.12. The Morgan fingerprint density at radius 1 is 1.33 bits per heavy atom. The van der Waals surface area contributed by atoms with Crippen molar-refractivity contribution >= 4 is 38.6 Å². The normalized spacial score (nSPS) is 11.2. The Kier molecular flexibility index (Phi) is 3.79. The first-order chi connectivity index (χ1) is 8.53. The van der Waals surface area contributed by atoms with Gasteiger partial charge in [0.2, 0.25) is 0 Å². The van der Waals surface area contributed by atoms with Crippen LogP contribution in [0.25, 0.3) is 0 Å². The van der Waals surface area contributed by atoms with Gasteiger partial charge < -0.3 is 4.74 Å². The van der Waals surface area contributed by atoms with E-state index in [1.165, 1.54) is 13.2 Å². The first kappa shape index (κ1) is 13.2. The van der Waals surface area contributed by atoms with Crippen LogP contribution in [0.5, 0.6) is 5.75 Å². The molecule has 0 spiro atoms. The number of sulfonamides is 1. The molecule has 18 heavy (non-hydrogen) atoms. The summed E-state index contributed by atoms with van der Waals surface area (Å²) in [5.41, 5.74) is 0.357. The quantitative estimate of drug-likeness (QED) is 0.943. The van der Waals surface area contributed by atoms with Crippen molar-refractivity contribution in [2.24, 2.45) is 0 Å². The number of hydrogen-bond donors (Lipinski definition) is 1. The van der Waals surface area contributed by atoms with Crippen LogP contribution >= 0.6 is 22.9 Å². The Bertz CT molecular complexity index is 638. The Labute approximate surface area is 114 Å². The van der Waals surface area contributed by atoms with E-state index in [0.717, 1.165) is 11.3 Å². The van der Waals surface area contributed by atoms with E-state index in [9.17, 15) is 8.42 Å². The first-order valence-corrected chi connectivity index (χ1v) is 7.67. The maximum atomic E-state index is 12.0. The van der Waals surface area contributed by atoms with Gasteiger partial charge >= 0.3 is 0 Å². The molecule has 7 heteroatoms.